The molecule has 0 radical (unpaired) electrons. The van der Waals surface area contributed by atoms with Crippen molar-refractivity contribution in [2.75, 3.05) is 0 Å². The van der Waals surface area contributed by atoms with Gasteiger partial charge in [-0.05, 0) is 60.1 Å². The minimum atomic E-state index is -0.0626. The van der Waals surface area contributed by atoms with Gasteiger partial charge in [-0.25, -0.2) is 0 Å². The Bertz CT molecular complexity index is 578. The predicted molar refractivity (Wildman–Crippen MR) is 88.8 cm³/mol. The van der Waals surface area contributed by atoms with Gasteiger partial charge in [0.1, 0.15) is 0 Å². The lowest BCUT2D eigenvalue weighted by molar-refractivity contribution is 1.01. The molecule has 0 heterocycles. The van der Waals surface area contributed by atoms with Crippen LogP contribution in [-0.4, -0.2) is 0 Å². The van der Waals surface area contributed by atoms with Crippen LogP contribution in [-0.2, 0) is 12.8 Å². The molecule has 0 aliphatic carbocycles. The lowest BCUT2D eigenvalue weighted by Gasteiger charge is -2.18. The first-order valence-corrected chi connectivity index (χ1v) is 7.84. The summed E-state index contributed by atoms with van der Waals surface area (Å²) in [6.45, 7) is 8.69. The van der Waals surface area contributed by atoms with Gasteiger partial charge in [0, 0.05) is 0 Å². The molecule has 0 bridgehead atoms. The first-order valence-electron chi connectivity index (χ1n) is 7.40. The van der Waals surface area contributed by atoms with Crippen LogP contribution in [0.1, 0.15) is 52.6 Å². The second-order valence-corrected chi connectivity index (χ2v) is 5.84. The van der Waals surface area contributed by atoms with Crippen LogP contribution in [0.25, 0.3) is 0 Å². The zero-order valence-corrected chi connectivity index (χ0v) is 13.6. The van der Waals surface area contributed by atoms with Crippen molar-refractivity contribution in [3.63, 3.8) is 0 Å². The summed E-state index contributed by atoms with van der Waals surface area (Å²) in [6, 6.07) is 13.1. The van der Waals surface area contributed by atoms with E-state index < -0.39 is 0 Å². The normalized spacial score (nSPS) is 12.4. The minimum Gasteiger partial charge on any atom is -0.113 e. The second kappa shape index (κ2) is 6.45. The fourth-order valence-electron chi connectivity index (χ4n) is 2.87. The number of halogens is 1. The number of hydrogen-bond donors (Lipinski definition) is 0. The molecule has 20 heavy (non-hydrogen) atoms. The summed E-state index contributed by atoms with van der Waals surface area (Å²) < 4.78 is 0. The van der Waals surface area contributed by atoms with Crippen molar-refractivity contribution in [1.29, 1.82) is 0 Å². The third-order valence-corrected chi connectivity index (χ3v) is 4.55. The van der Waals surface area contributed by atoms with Gasteiger partial charge in [-0.1, -0.05) is 50.2 Å². The maximum absolute atomic E-state index is 6.77. The first kappa shape index (κ1) is 15.1. The summed E-state index contributed by atoms with van der Waals surface area (Å²) in [6.07, 6.45) is 2.15. The summed E-state index contributed by atoms with van der Waals surface area (Å²) in [4.78, 5) is 0. The van der Waals surface area contributed by atoms with Crippen molar-refractivity contribution < 1.29 is 0 Å². The van der Waals surface area contributed by atoms with Gasteiger partial charge in [0.05, 0.1) is 5.38 Å². The fraction of sp³-hybridized carbons (Fsp3) is 0.368. The molecule has 0 nitrogen and oxygen atoms in total. The smallest absolute Gasteiger partial charge is 0.0840 e. The maximum Gasteiger partial charge on any atom is 0.0840 e. The highest BCUT2D eigenvalue weighted by atomic mass is 35.5. The Kier molecular flexibility index (Phi) is 4.88. The molecule has 2 rings (SSSR count). The summed E-state index contributed by atoms with van der Waals surface area (Å²) in [5.74, 6) is 0. The molecule has 106 valence electrons. The molecule has 0 aromatic heterocycles. The molecule has 0 aliphatic heterocycles. The van der Waals surface area contributed by atoms with E-state index in [1.165, 1.54) is 33.4 Å². The Labute approximate surface area is 127 Å². The maximum atomic E-state index is 6.77. The Morgan fingerprint density at radius 1 is 0.900 bits per heavy atom. The van der Waals surface area contributed by atoms with E-state index in [1.54, 1.807) is 0 Å². The van der Waals surface area contributed by atoms with Gasteiger partial charge in [-0.15, -0.1) is 11.6 Å². The standard InChI is InChI=1S/C19H23Cl/c1-5-15-10-11-17(12-16(15)6-2)19(20)18-13(3)8-7-9-14(18)4/h7-12,19H,5-6H2,1-4H3. The van der Waals surface area contributed by atoms with Crippen molar-refractivity contribution in [1.82, 2.24) is 0 Å². The highest BCUT2D eigenvalue weighted by Gasteiger charge is 2.16. The average Bonchev–Trinajstić information content (AvgIpc) is 2.46. The van der Waals surface area contributed by atoms with E-state index in [9.17, 15) is 0 Å². The lowest BCUT2D eigenvalue weighted by atomic mass is 9.92. The van der Waals surface area contributed by atoms with E-state index in [1.807, 2.05) is 0 Å². The van der Waals surface area contributed by atoms with E-state index in [0.717, 1.165) is 12.8 Å². The SMILES string of the molecule is CCc1ccc(C(Cl)c2c(C)cccc2C)cc1CC. The summed E-state index contributed by atoms with van der Waals surface area (Å²) >= 11 is 6.77. The molecule has 1 atom stereocenters. The molecule has 2 aromatic carbocycles. The molecule has 1 unspecified atom stereocenters. The molecule has 0 spiro atoms. The summed E-state index contributed by atoms with van der Waals surface area (Å²) in [5.41, 5.74) is 7.84. The van der Waals surface area contributed by atoms with Crippen LogP contribution in [0.2, 0.25) is 0 Å². The van der Waals surface area contributed by atoms with E-state index in [2.05, 4.69) is 64.1 Å². The van der Waals surface area contributed by atoms with Gasteiger partial charge >= 0.3 is 0 Å². The van der Waals surface area contributed by atoms with E-state index in [4.69, 9.17) is 11.6 Å². The molecule has 0 saturated heterocycles. The van der Waals surface area contributed by atoms with Crippen LogP contribution in [0.4, 0.5) is 0 Å². The van der Waals surface area contributed by atoms with E-state index in [-0.39, 0.29) is 5.38 Å². The quantitative estimate of drug-likeness (QED) is 0.627. The van der Waals surface area contributed by atoms with Crippen molar-refractivity contribution in [3.05, 3.63) is 69.8 Å². The minimum absolute atomic E-state index is 0.0626. The van der Waals surface area contributed by atoms with Crippen LogP contribution in [0, 0.1) is 13.8 Å². The molecule has 0 aliphatic rings. The Morgan fingerprint density at radius 2 is 1.50 bits per heavy atom. The number of hydrogen-bond acceptors (Lipinski definition) is 0. The van der Waals surface area contributed by atoms with Crippen LogP contribution in [0.5, 0.6) is 0 Å². The van der Waals surface area contributed by atoms with Gasteiger partial charge < -0.3 is 0 Å². The van der Waals surface area contributed by atoms with E-state index >= 15 is 0 Å². The zero-order valence-electron chi connectivity index (χ0n) is 12.8. The molecule has 0 saturated carbocycles. The van der Waals surface area contributed by atoms with Gasteiger partial charge in [0.15, 0.2) is 0 Å². The average molecular weight is 287 g/mol. The molecule has 1 heteroatoms. The Hall–Kier alpha value is -1.27. The topological polar surface area (TPSA) is 0 Å². The fourth-order valence-corrected chi connectivity index (χ4v) is 3.35. The Balaban J connectivity index is 2.46. The molecular formula is C19H23Cl. The van der Waals surface area contributed by atoms with Crippen molar-refractivity contribution in [3.8, 4) is 0 Å². The third-order valence-electron chi connectivity index (χ3n) is 4.08. The zero-order chi connectivity index (χ0) is 14.7. The van der Waals surface area contributed by atoms with E-state index in [0.29, 0.717) is 0 Å². The van der Waals surface area contributed by atoms with Gasteiger partial charge in [-0.2, -0.15) is 0 Å². The number of alkyl halides is 1. The first-order chi connectivity index (χ1) is 9.58. The van der Waals surface area contributed by atoms with Crippen molar-refractivity contribution in [2.45, 2.75) is 45.9 Å². The molecule has 0 fully saturated rings. The number of benzene rings is 2. The Morgan fingerprint density at radius 3 is 2.05 bits per heavy atom. The number of rotatable bonds is 4. The second-order valence-electron chi connectivity index (χ2n) is 5.40. The molecule has 0 amide bonds. The third kappa shape index (κ3) is 2.91. The highest BCUT2D eigenvalue weighted by molar-refractivity contribution is 6.22. The monoisotopic (exact) mass is 286 g/mol. The largest absolute Gasteiger partial charge is 0.113 e. The number of aryl methyl sites for hydroxylation is 4. The van der Waals surface area contributed by atoms with Gasteiger partial charge in [0.2, 0.25) is 0 Å². The summed E-state index contributed by atoms with van der Waals surface area (Å²) in [7, 11) is 0. The highest BCUT2D eigenvalue weighted by Crippen LogP contribution is 2.34. The van der Waals surface area contributed by atoms with Crippen LogP contribution >= 0.6 is 11.6 Å². The van der Waals surface area contributed by atoms with Crippen LogP contribution in [0.15, 0.2) is 36.4 Å². The lowest BCUT2D eigenvalue weighted by Crippen LogP contribution is -2.01. The van der Waals surface area contributed by atoms with Crippen LogP contribution < -0.4 is 0 Å². The van der Waals surface area contributed by atoms with Gasteiger partial charge in [-0.3, -0.25) is 0 Å². The predicted octanol–water partition coefficient (Wildman–Crippen LogP) is 5.76. The van der Waals surface area contributed by atoms with Gasteiger partial charge in [0.25, 0.3) is 0 Å². The summed E-state index contributed by atoms with van der Waals surface area (Å²) in [5, 5.41) is -0.0626. The van der Waals surface area contributed by atoms with Crippen molar-refractivity contribution >= 4 is 11.6 Å². The molecular weight excluding hydrogens is 264 g/mol. The van der Waals surface area contributed by atoms with Crippen molar-refractivity contribution in [2.24, 2.45) is 0 Å². The molecule has 2 aromatic rings. The molecule has 0 N–H and O–H groups in total. The van der Waals surface area contributed by atoms with Crippen LogP contribution in [0.3, 0.4) is 0 Å².